The number of aromatic hydroxyl groups is 1. The number of methoxy groups -OCH3 is 1. The molecule has 7 nitrogen and oxygen atoms in total. The van der Waals surface area contributed by atoms with Crippen LogP contribution in [0, 0.1) is 6.92 Å². The molecule has 0 aliphatic heterocycles. The summed E-state index contributed by atoms with van der Waals surface area (Å²) in [5.74, 6) is 0.846. The second kappa shape index (κ2) is 5.84. The maximum absolute atomic E-state index is 10.4. The molecule has 0 saturated heterocycles. The first-order valence-electron chi connectivity index (χ1n) is 8.93. The van der Waals surface area contributed by atoms with Crippen molar-refractivity contribution in [1.29, 1.82) is 0 Å². The van der Waals surface area contributed by atoms with E-state index in [4.69, 9.17) is 4.74 Å². The average molecular weight is 361 g/mol. The van der Waals surface area contributed by atoms with Crippen LogP contribution in [0.2, 0.25) is 0 Å². The zero-order valence-electron chi connectivity index (χ0n) is 15.1. The van der Waals surface area contributed by atoms with E-state index in [0.717, 1.165) is 46.3 Å². The molecule has 1 saturated carbocycles. The molecule has 3 heterocycles. The smallest absolute Gasteiger partial charge is 0.239 e. The fourth-order valence-electron chi connectivity index (χ4n) is 3.53. The van der Waals surface area contributed by atoms with Crippen LogP contribution in [0.3, 0.4) is 0 Å². The van der Waals surface area contributed by atoms with E-state index in [1.807, 2.05) is 42.0 Å². The van der Waals surface area contributed by atoms with Crippen LogP contribution >= 0.6 is 0 Å². The molecule has 0 radical (unpaired) electrons. The molecule has 1 N–H and O–H groups in total. The lowest BCUT2D eigenvalue weighted by molar-refractivity contribution is 0.394. The Labute approximate surface area is 155 Å². The van der Waals surface area contributed by atoms with Crippen molar-refractivity contribution in [1.82, 2.24) is 24.5 Å². The lowest BCUT2D eigenvalue weighted by atomic mass is 10.1. The summed E-state index contributed by atoms with van der Waals surface area (Å²) in [5.41, 5.74) is 3.39. The van der Waals surface area contributed by atoms with Crippen LogP contribution in [-0.2, 0) is 0 Å². The van der Waals surface area contributed by atoms with Crippen LogP contribution in [0.15, 0.2) is 42.7 Å². The normalized spacial score (nSPS) is 14.0. The fraction of sp³-hybridized carbons (Fsp3) is 0.250. The Hall–Kier alpha value is -3.35. The van der Waals surface area contributed by atoms with Gasteiger partial charge in [-0.05, 0) is 44.0 Å². The third-order valence-corrected chi connectivity index (χ3v) is 5.10. The quantitative estimate of drug-likeness (QED) is 0.600. The third-order valence-electron chi connectivity index (χ3n) is 5.10. The number of aromatic nitrogens is 5. The Bertz CT molecular complexity index is 1160. The van der Waals surface area contributed by atoms with Gasteiger partial charge in [-0.1, -0.05) is 11.3 Å². The minimum absolute atomic E-state index is 0.347. The van der Waals surface area contributed by atoms with Gasteiger partial charge in [-0.3, -0.25) is 0 Å². The van der Waals surface area contributed by atoms with E-state index in [-0.39, 0.29) is 0 Å². The number of ether oxygens (including phenoxy) is 1. The van der Waals surface area contributed by atoms with Gasteiger partial charge in [0.2, 0.25) is 5.88 Å². The molecular formula is C20H19N5O2. The molecular weight excluding hydrogens is 342 g/mol. The van der Waals surface area contributed by atoms with E-state index in [0.29, 0.717) is 17.8 Å². The molecule has 4 aromatic rings. The zero-order chi connectivity index (χ0) is 18.5. The minimum Gasteiger partial charge on any atom is -0.494 e. The Kier molecular flexibility index (Phi) is 3.43. The molecule has 0 spiro atoms. The van der Waals surface area contributed by atoms with Crippen molar-refractivity contribution < 1.29 is 9.84 Å². The molecule has 0 bridgehead atoms. The molecule has 136 valence electrons. The number of hydrogen-bond donors (Lipinski definition) is 1. The van der Waals surface area contributed by atoms with Crippen LogP contribution in [0.4, 0.5) is 0 Å². The number of benzene rings is 1. The zero-order valence-corrected chi connectivity index (χ0v) is 15.1. The summed E-state index contributed by atoms with van der Waals surface area (Å²) in [5, 5.41) is 21.0. The highest BCUT2D eigenvalue weighted by atomic mass is 16.5. The van der Waals surface area contributed by atoms with Crippen molar-refractivity contribution in [3.63, 3.8) is 0 Å². The molecule has 1 fully saturated rings. The highest BCUT2D eigenvalue weighted by molar-refractivity contribution is 5.91. The number of pyridine rings is 1. The summed E-state index contributed by atoms with van der Waals surface area (Å²) >= 11 is 0. The van der Waals surface area contributed by atoms with Crippen molar-refractivity contribution in [2.75, 3.05) is 7.11 Å². The molecule has 3 aromatic heterocycles. The number of rotatable bonds is 4. The highest BCUT2D eigenvalue weighted by Crippen LogP contribution is 2.42. The Morgan fingerprint density at radius 1 is 1.22 bits per heavy atom. The predicted molar refractivity (Wildman–Crippen MR) is 101 cm³/mol. The molecule has 5 rings (SSSR count). The largest absolute Gasteiger partial charge is 0.494 e. The van der Waals surface area contributed by atoms with Gasteiger partial charge in [0.1, 0.15) is 11.4 Å². The SMILES string of the molecule is COc1ncccc1-n1nnc(-c2ccc3c(O)n(C4CC4)cc3c2)c1C. The van der Waals surface area contributed by atoms with Crippen LogP contribution in [0.1, 0.15) is 24.6 Å². The maximum Gasteiger partial charge on any atom is 0.239 e. The Morgan fingerprint density at radius 2 is 2.07 bits per heavy atom. The van der Waals surface area contributed by atoms with Gasteiger partial charge in [-0.2, -0.15) is 0 Å². The van der Waals surface area contributed by atoms with Gasteiger partial charge in [0.05, 0.1) is 12.8 Å². The van der Waals surface area contributed by atoms with E-state index < -0.39 is 0 Å². The molecule has 0 amide bonds. The van der Waals surface area contributed by atoms with Crippen molar-refractivity contribution in [2.45, 2.75) is 25.8 Å². The Balaban J connectivity index is 1.60. The topological polar surface area (TPSA) is 78.0 Å². The molecule has 1 aliphatic rings. The molecule has 1 aliphatic carbocycles. The van der Waals surface area contributed by atoms with Crippen molar-refractivity contribution in [3.05, 3.63) is 48.4 Å². The summed E-state index contributed by atoms with van der Waals surface area (Å²) in [7, 11) is 1.59. The van der Waals surface area contributed by atoms with Crippen molar-refractivity contribution in [3.8, 4) is 28.7 Å². The van der Waals surface area contributed by atoms with Gasteiger partial charge in [0.25, 0.3) is 0 Å². The molecule has 1 aromatic carbocycles. The molecule has 7 heteroatoms. The second-order valence-corrected chi connectivity index (χ2v) is 6.86. The first-order chi connectivity index (χ1) is 13.2. The van der Waals surface area contributed by atoms with Crippen LogP contribution in [0.25, 0.3) is 27.7 Å². The van der Waals surface area contributed by atoms with E-state index in [2.05, 4.69) is 21.4 Å². The van der Waals surface area contributed by atoms with Crippen molar-refractivity contribution in [2.24, 2.45) is 0 Å². The minimum atomic E-state index is 0.347. The van der Waals surface area contributed by atoms with Crippen LogP contribution < -0.4 is 4.74 Å². The predicted octanol–water partition coefficient (Wildman–Crippen LogP) is 3.64. The first kappa shape index (κ1) is 15.9. The van der Waals surface area contributed by atoms with Gasteiger partial charge in [-0.15, -0.1) is 5.10 Å². The first-order valence-corrected chi connectivity index (χ1v) is 8.93. The number of nitrogens with zero attached hydrogens (tertiary/aromatic N) is 5. The second-order valence-electron chi connectivity index (χ2n) is 6.86. The Morgan fingerprint density at radius 3 is 2.85 bits per heavy atom. The summed E-state index contributed by atoms with van der Waals surface area (Å²) in [4.78, 5) is 4.23. The van der Waals surface area contributed by atoms with Gasteiger partial charge in [0.15, 0.2) is 5.88 Å². The van der Waals surface area contributed by atoms with E-state index in [1.165, 1.54) is 0 Å². The lowest BCUT2D eigenvalue weighted by Gasteiger charge is -2.07. The van der Waals surface area contributed by atoms with Crippen molar-refractivity contribution >= 4 is 10.8 Å². The molecule has 0 atom stereocenters. The standard InChI is InChI=1S/C20H19N5O2/c1-12-18(22-23-25(12)17-4-3-9-21-19(17)27-2)13-5-8-16-14(10-13)11-24(20(16)26)15-6-7-15/h3-5,8-11,15,26H,6-7H2,1-2H3. The van der Waals surface area contributed by atoms with E-state index in [1.54, 1.807) is 18.0 Å². The van der Waals surface area contributed by atoms with E-state index in [9.17, 15) is 5.11 Å². The van der Waals surface area contributed by atoms with Crippen LogP contribution in [-0.4, -0.2) is 36.8 Å². The average Bonchev–Trinajstić information content (AvgIpc) is 3.39. The summed E-state index contributed by atoms with van der Waals surface area (Å²) in [6.07, 6.45) is 5.96. The highest BCUT2D eigenvalue weighted by Gasteiger charge is 2.26. The van der Waals surface area contributed by atoms with Crippen LogP contribution in [0.5, 0.6) is 11.8 Å². The fourth-order valence-corrected chi connectivity index (χ4v) is 3.53. The number of fused-ring (bicyclic) bond motifs is 1. The monoisotopic (exact) mass is 361 g/mol. The van der Waals surface area contributed by atoms with Gasteiger partial charge >= 0.3 is 0 Å². The summed E-state index contributed by atoms with van der Waals surface area (Å²) in [6, 6.07) is 10.1. The molecule has 27 heavy (non-hydrogen) atoms. The maximum atomic E-state index is 10.4. The van der Waals surface area contributed by atoms with Gasteiger partial charge in [-0.25, -0.2) is 9.67 Å². The lowest BCUT2D eigenvalue weighted by Crippen LogP contribution is -2.03. The molecule has 0 unspecified atom stereocenters. The third kappa shape index (κ3) is 2.46. The summed E-state index contributed by atoms with van der Waals surface area (Å²) < 4.78 is 9.05. The van der Waals surface area contributed by atoms with E-state index >= 15 is 0 Å². The summed E-state index contributed by atoms with van der Waals surface area (Å²) in [6.45, 7) is 1.97. The number of hydrogen-bond acceptors (Lipinski definition) is 5. The van der Waals surface area contributed by atoms with Gasteiger partial charge in [0, 0.05) is 34.8 Å². The van der Waals surface area contributed by atoms with Gasteiger partial charge < -0.3 is 14.4 Å².